The van der Waals surface area contributed by atoms with Crippen molar-refractivity contribution in [3.05, 3.63) is 167 Å². The molecular weight excluding hydrogens is 1180 g/mol. The number of rotatable bonds is 16. The van der Waals surface area contributed by atoms with E-state index in [2.05, 4.69) is 40.9 Å². The molecule has 9 aromatic carbocycles. The average Bonchev–Trinajstić information content (AvgIpc) is 0.889. The van der Waals surface area contributed by atoms with Crippen LogP contribution in [0.1, 0.15) is 33.4 Å². The first-order valence-electron chi connectivity index (χ1n) is 25.6. The van der Waals surface area contributed by atoms with Crippen molar-refractivity contribution in [3.8, 4) is 11.5 Å². The topological polar surface area (TPSA) is 375 Å². The zero-order valence-electron chi connectivity index (χ0n) is 47.0. The number of anilines is 4. The Kier molecular flexibility index (Phi) is 16.4. The first kappa shape index (κ1) is 61.0. The zero-order valence-corrected chi connectivity index (χ0v) is 50.3. The van der Waals surface area contributed by atoms with Crippen LogP contribution in [-0.2, 0) is 40.3 Å². The van der Waals surface area contributed by atoms with E-state index in [1.165, 1.54) is 99.0 Å². The molecule has 0 fully saturated rings. The predicted octanol–water partition coefficient (Wildman–Crippen LogP) is 14.2. The number of nitrogens with zero attached hydrogens (tertiary/aromatic N) is 10. The van der Waals surface area contributed by atoms with Gasteiger partial charge in [0.25, 0.3) is 40.3 Å². The van der Waals surface area contributed by atoms with Gasteiger partial charge in [-0.1, -0.05) is 24.3 Å². The summed E-state index contributed by atoms with van der Waals surface area (Å²) in [5, 5.41) is 56.7. The van der Waals surface area contributed by atoms with Crippen molar-refractivity contribution < 1.29 is 53.0 Å². The second kappa shape index (κ2) is 23.1. The summed E-state index contributed by atoms with van der Waals surface area (Å²) < 4.78 is 128. The van der Waals surface area contributed by atoms with Crippen LogP contribution in [0.25, 0.3) is 21.5 Å². The number of azo groups is 4. The van der Waals surface area contributed by atoms with Crippen molar-refractivity contribution in [2.45, 2.75) is 61.1 Å². The molecular formula is C58H54N12O12S4. The Labute approximate surface area is 494 Å². The van der Waals surface area contributed by atoms with Gasteiger partial charge in [-0.3, -0.25) is 17.7 Å². The second-order valence-corrected chi connectivity index (χ2v) is 26.7. The summed E-state index contributed by atoms with van der Waals surface area (Å²) in [6.45, 7) is 10.8. The van der Waals surface area contributed by atoms with Gasteiger partial charge >= 0.3 is 0 Å². The number of hydrogen-bond acceptors (Lipinski definition) is 20. The van der Waals surface area contributed by atoms with Crippen molar-refractivity contribution in [1.82, 2.24) is 0 Å². The molecule has 9 rings (SSSR count). The number of sulfonamides is 2. The van der Waals surface area contributed by atoms with Gasteiger partial charge in [0.15, 0.2) is 11.5 Å². The zero-order chi connectivity index (χ0) is 62.5. The smallest absolute Gasteiger partial charge is 0.296 e. The molecule has 0 saturated carbocycles. The summed E-state index contributed by atoms with van der Waals surface area (Å²) in [6.07, 6.45) is 0. The van der Waals surface area contributed by atoms with Crippen LogP contribution in [0.15, 0.2) is 194 Å². The van der Waals surface area contributed by atoms with Crippen molar-refractivity contribution in [2.24, 2.45) is 40.9 Å². The molecule has 0 bridgehead atoms. The lowest BCUT2D eigenvalue weighted by atomic mass is 10.0. The molecule has 0 heterocycles. The van der Waals surface area contributed by atoms with E-state index in [1.807, 2.05) is 64.1 Å². The van der Waals surface area contributed by atoms with Gasteiger partial charge < -0.3 is 21.7 Å². The number of aryl methyl sites for hydroxylation is 6. The minimum Gasteiger partial charge on any atom is -0.505 e. The fourth-order valence-electron chi connectivity index (χ4n) is 9.13. The summed E-state index contributed by atoms with van der Waals surface area (Å²) >= 11 is 0. The highest BCUT2D eigenvalue weighted by molar-refractivity contribution is 7.93. The summed E-state index contributed by atoms with van der Waals surface area (Å²) in [5.41, 5.74) is 18.0. The maximum Gasteiger partial charge on any atom is 0.296 e. The molecule has 24 nitrogen and oxygen atoms in total. The third-order valence-electron chi connectivity index (χ3n) is 14.0. The number of phenols is 2. The molecule has 0 spiro atoms. The highest BCUT2D eigenvalue weighted by Crippen LogP contribution is 2.49. The number of nitrogens with two attached hydrogens (primary N) is 2. The van der Waals surface area contributed by atoms with E-state index >= 15 is 0 Å². The second-order valence-electron chi connectivity index (χ2n) is 20.0. The predicted molar refractivity (Wildman–Crippen MR) is 328 cm³/mol. The minimum atomic E-state index is -5.01. The Morgan fingerprint density at radius 1 is 0.384 bits per heavy atom. The van der Waals surface area contributed by atoms with Crippen molar-refractivity contribution in [2.75, 3.05) is 34.2 Å². The number of hydrogen-bond donors (Lipinski definition) is 6. The lowest BCUT2D eigenvalue weighted by Crippen LogP contribution is -2.28. The Balaban J connectivity index is 0.908. The van der Waals surface area contributed by atoms with Crippen molar-refractivity contribution >= 4 is 130 Å². The van der Waals surface area contributed by atoms with Crippen LogP contribution >= 0.6 is 0 Å². The Hall–Kier alpha value is -9.58. The molecule has 442 valence electrons. The maximum absolute atomic E-state index is 13.9. The van der Waals surface area contributed by atoms with Gasteiger partial charge in [0.1, 0.15) is 32.5 Å². The minimum absolute atomic E-state index is 0.0140. The highest BCUT2D eigenvalue weighted by atomic mass is 32.2. The molecule has 86 heavy (non-hydrogen) atoms. The van der Waals surface area contributed by atoms with Crippen LogP contribution in [0.4, 0.5) is 68.2 Å². The SMILES string of the molecule is Cc1ccc(C)c(N=Nc2c(C)cc3cc(S(=O)(=O)O)c(N=Nc4ccc(S(=O)(=O)N(C)c5ccc(N(C)S(=O)(=O)c6ccc(N=Nc7c(S(=O)(=O)O)cc8cc(C)c(N=Nc9cc(C)ccc9C)c(N)c8c7O)cc6)cc5)cc4)c(O)c3c2N)c1. The molecule has 0 aliphatic rings. The molecule has 0 radical (unpaired) electrons. The Morgan fingerprint density at radius 2 is 0.709 bits per heavy atom. The molecule has 0 aliphatic heterocycles. The molecule has 0 saturated heterocycles. The Morgan fingerprint density at radius 3 is 1.03 bits per heavy atom. The lowest BCUT2D eigenvalue weighted by molar-refractivity contribution is 0.472. The van der Waals surface area contributed by atoms with Crippen LogP contribution in [0, 0.1) is 41.5 Å². The molecule has 0 aromatic heterocycles. The summed E-state index contributed by atoms with van der Waals surface area (Å²) in [7, 11) is -16.0. The van der Waals surface area contributed by atoms with E-state index in [-0.39, 0.29) is 76.8 Å². The first-order chi connectivity index (χ1) is 40.4. The van der Waals surface area contributed by atoms with E-state index < -0.39 is 72.9 Å². The van der Waals surface area contributed by atoms with Gasteiger partial charge in [-0.25, -0.2) is 16.8 Å². The van der Waals surface area contributed by atoms with Gasteiger partial charge in [-0.15, -0.1) is 20.5 Å². The number of aromatic hydroxyl groups is 2. The maximum atomic E-state index is 13.9. The van der Waals surface area contributed by atoms with Crippen LogP contribution in [-0.4, -0.2) is 67.1 Å². The van der Waals surface area contributed by atoms with Gasteiger partial charge in [-0.05, 0) is 195 Å². The van der Waals surface area contributed by atoms with Gasteiger partial charge in [0.05, 0.1) is 66.1 Å². The number of fused-ring (bicyclic) bond motifs is 2. The van der Waals surface area contributed by atoms with E-state index in [9.17, 15) is 53.0 Å². The van der Waals surface area contributed by atoms with Crippen LogP contribution in [0.3, 0.4) is 0 Å². The third-order valence-corrected chi connectivity index (χ3v) is 19.3. The first-order valence-corrected chi connectivity index (χ1v) is 31.3. The standard InChI is InChI=1S/C58H54N12O12S4/c1-31-9-11-33(3)45(25-31)63-65-53-35(5)27-37-29-47(85(77,78)79)55(57(71)49(37)51(53)59)67-61-39-13-21-43(22-14-39)83(73,74)69(7)41-17-19-42(20-18-41)70(8)84(75,76)44-23-15-40(16-24-44)62-68-56-48(86(80,81)82)30-38-28-36(6)54(52(60)50(38)58(56)72)66-64-46-26-32(2)10-12-34(46)4/h9-30,71-72H,59-60H2,1-8H3,(H,77,78,79)(H,80,81,82). The lowest BCUT2D eigenvalue weighted by Gasteiger charge is -2.22. The van der Waals surface area contributed by atoms with Gasteiger partial charge in [0, 0.05) is 14.1 Å². The fourth-order valence-corrected chi connectivity index (χ4v) is 12.8. The molecule has 0 amide bonds. The van der Waals surface area contributed by atoms with Crippen LogP contribution < -0.4 is 20.1 Å². The van der Waals surface area contributed by atoms with Crippen LogP contribution in [0.5, 0.6) is 11.5 Å². The summed E-state index contributed by atoms with van der Waals surface area (Å²) in [6, 6.07) is 31.9. The summed E-state index contributed by atoms with van der Waals surface area (Å²) in [5.74, 6) is -1.47. The van der Waals surface area contributed by atoms with Gasteiger partial charge in [0.2, 0.25) is 0 Å². The average molecular weight is 1240 g/mol. The fraction of sp³-hybridized carbons (Fsp3) is 0.138. The number of nitrogen functional groups attached to an aromatic ring is 2. The van der Waals surface area contributed by atoms with Gasteiger partial charge in [-0.2, -0.15) is 37.3 Å². The third kappa shape index (κ3) is 12.1. The van der Waals surface area contributed by atoms with Crippen molar-refractivity contribution in [3.63, 3.8) is 0 Å². The largest absolute Gasteiger partial charge is 0.505 e. The molecule has 8 N–H and O–H groups in total. The summed E-state index contributed by atoms with van der Waals surface area (Å²) in [4.78, 5) is -1.99. The van der Waals surface area contributed by atoms with E-state index in [1.54, 1.807) is 13.8 Å². The van der Waals surface area contributed by atoms with Crippen molar-refractivity contribution in [1.29, 1.82) is 0 Å². The number of phenolic OH excluding ortho intramolecular Hbond substituents is 2. The Bertz CT molecular complexity index is 4560. The number of benzene rings is 9. The normalized spacial score (nSPS) is 12.7. The van der Waals surface area contributed by atoms with Crippen LogP contribution in [0.2, 0.25) is 0 Å². The highest BCUT2D eigenvalue weighted by Gasteiger charge is 2.28. The quantitative estimate of drug-likeness (QED) is 0.0298. The molecule has 28 heteroatoms. The molecule has 0 unspecified atom stereocenters. The van der Waals surface area contributed by atoms with E-state index in [4.69, 9.17) is 11.5 Å². The van der Waals surface area contributed by atoms with E-state index in [0.29, 0.717) is 22.5 Å². The monoisotopic (exact) mass is 1240 g/mol. The molecule has 0 atom stereocenters. The molecule has 9 aromatic rings. The van der Waals surface area contributed by atoms with E-state index in [0.717, 1.165) is 43.0 Å². The molecule has 0 aliphatic carbocycles.